The first-order valence-electron chi connectivity index (χ1n) is 5.94. The predicted octanol–water partition coefficient (Wildman–Crippen LogP) is 3.63. The Labute approximate surface area is 134 Å². The van der Waals surface area contributed by atoms with Gasteiger partial charge in [0, 0.05) is 4.47 Å². The Kier molecular flexibility index (Phi) is 4.69. The van der Waals surface area contributed by atoms with Crippen LogP contribution < -0.4 is 5.32 Å². The van der Waals surface area contributed by atoms with Crippen molar-refractivity contribution in [3.05, 3.63) is 56.4 Å². The van der Waals surface area contributed by atoms with Crippen LogP contribution in [0.3, 0.4) is 0 Å². The van der Waals surface area contributed by atoms with Crippen LogP contribution in [0.1, 0.15) is 32.2 Å². The summed E-state index contributed by atoms with van der Waals surface area (Å²) in [5.41, 5.74) is 0.410. The third-order valence-corrected chi connectivity index (χ3v) is 3.62. The van der Waals surface area contributed by atoms with Gasteiger partial charge in [-0.25, -0.2) is 4.79 Å². The standard InChI is InChI=1S/C14H11BrClNO4/c1-7-10(14(19)20)5-9(21-7)6-17-13(18)11-4-8(15)2-3-12(11)16/h2-5H,6H2,1H3,(H,17,18)(H,19,20). The molecule has 0 spiro atoms. The van der Waals surface area contributed by atoms with Crippen LogP contribution in [0.15, 0.2) is 33.2 Å². The van der Waals surface area contributed by atoms with E-state index in [-0.39, 0.29) is 18.0 Å². The van der Waals surface area contributed by atoms with Crippen LogP contribution in [0.5, 0.6) is 0 Å². The molecule has 0 aliphatic carbocycles. The van der Waals surface area contributed by atoms with E-state index < -0.39 is 5.97 Å². The van der Waals surface area contributed by atoms with Crippen molar-refractivity contribution in [2.75, 3.05) is 0 Å². The normalized spacial score (nSPS) is 10.4. The lowest BCUT2D eigenvalue weighted by Gasteiger charge is -2.05. The average Bonchev–Trinajstić information content (AvgIpc) is 2.80. The molecule has 0 bridgehead atoms. The Hall–Kier alpha value is -1.79. The number of halogens is 2. The molecule has 1 heterocycles. The molecule has 0 aliphatic heterocycles. The lowest BCUT2D eigenvalue weighted by atomic mass is 10.2. The molecule has 7 heteroatoms. The Balaban J connectivity index is 2.09. The molecule has 1 aromatic heterocycles. The number of aromatic carboxylic acids is 1. The Morgan fingerprint density at radius 1 is 1.33 bits per heavy atom. The van der Waals surface area contributed by atoms with Gasteiger partial charge in [-0.15, -0.1) is 0 Å². The maximum absolute atomic E-state index is 12.0. The Morgan fingerprint density at radius 2 is 2.05 bits per heavy atom. The van der Waals surface area contributed by atoms with Crippen LogP contribution in [0, 0.1) is 6.92 Å². The minimum absolute atomic E-state index is 0.0792. The van der Waals surface area contributed by atoms with Crippen molar-refractivity contribution in [1.82, 2.24) is 5.32 Å². The lowest BCUT2D eigenvalue weighted by molar-refractivity contribution is 0.0694. The van der Waals surface area contributed by atoms with Crippen molar-refractivity contribution in [3.8, 4) is 0 Å². The quantitative estimate of drug-likeness (QED) is 0.859. The highest BCUT2D eigenvalue weighted by atomic mass is 79.9. The highest BCUT2D eigenvalue weighted by molar-refractivity contribution is 9.10. The smallest absolute Gasteiger partial charge is 0.339 e. The third kappa shape index (κ3) is 3.65. The third-order valence-electron chi connectivity index (χ3n) is 2.80. The number of rotatable bonds is 4. The average molecular weight is 373 g/mol. The van der Waals surface area contributed by atoms with E-state index in [1.54, 1.807) is 25.1 Å². The number of carbonyl (C=O) groups is 2. The molecule has 2 rings (SSSR count). The first-order valence-corrected chi connectivity index (χ1v) is 7.11. The first kappa shape index (κ1) is 15.6. The van der Waals surface area contributed by atoms with Gasteiger partial charge in [-0.3, -0.25) is 4.79 Å². The molecule has 0 saturated heterocycles. The molecule has 0 aliphatic rings. The van der Waals surface area contributed by atoms with E-state index in [1.807, 2.05) is 0 Å². The van der Waals surface area contributed by atoms with Crippen LogP contribution in [-0.4, -0.2) is 17.0 Å². The summed E-state index contributed by atoms with van der Waals surface area (Å²) in [6, 6.07) is 6.34. The molecule has 0 saturated carbocycles. The minimum Gasteiger partial charge on any atom is -0.478 e. The largest absolute Gasteiger partial charge is 0.478 e. The van der Waals surface area contributed by atoms with Crippen LogP contribution in [0.2, 0.25) is 5.02 Å². The maximum Gasteiger partial charge on any atom is 0.339 e. The number of benzene rings is 1. The molecule has 1 aromatic carbocycles. The topological polar surface area (TPSA) is 79.5 Å². The maximum atomic E-state index is 12.0. The number of furan rings is 1. The summed E-state index contributed by atoms with van der Waals surface area (Å²) >= 11 is 9.23. The van der Waals surface area contributed by atoms with E-state index in [2.05, 4.69) is 21.2 Å². The van der Waals surface area contributed by atoms with Gasteiger partial charge in [0.25, 0.3) is 5.91 Å². The zero-order valence-electron chi connectivity index (χ0n) is 10.9. The van der Waals surface area contributed by atoms with E-state index >= 15 is 0 Å². The Morgan fingerprint density at radius 3 is 2.67 bits per heavy atom. The van der Waals surface area contributed by atoms with Crippen molar-refractivity contribution in [1.29, 1.82) is 0 Å². The zero-order valence-corrected chi connectivity index (χ0v) is 13.3. The number of carboxylic acids is 1. The molecule has 0 unspecified atom stereocenters. The summed E-state index contributed by atoms with van der Waals surface area (Å²) in [6.45, 7) is 1.63. The minimum atomic E-state index is -1.07. The highest BCUT2D eigenvalue weighted by Crippen LogP contribution is 2.21. The molecule has 0 radical (unpaired) electrons. The summed E-state index contributed by atoms with van der Waals surface area (Å²) in [7, 11) is 0. The molecule has 1 amide bonds. The first-order chi connectivity index (χ1) is 9.88. The molecule has 2 N–H and O–H groups in total. The van der Waals surface area contributed by atoms with Gasteiger partial charge in [0.1, 0.15) is 17.1 Å². The second-order valence-corrected chi connectivity index (χ2v) is 5.62. The van der Waals surface area contributed by atoms with E-state index in [0.717, 1.165) is 4.47 Å². The summed E-state index contributed by atoms with van der Waals surface area (Å²) in [6.07, 6.45) is 0. The lowest BCUT2D eigenvalue weighted by Crippen LogP contribution is -2.22. The summed E-state index contributed by atoms with van der Waals surface area (Å²) in [4.78, 5) is 22.9. The zero-order chi connectivity index (χ0) is 15.6. The van der Waals surface area contributed by atoms with Crippen LogP contribution in [0.4, 0.5) is 0 Å². The SMILES string of the molecule is Cc1oc(CNC(=O)c2cc(Br)ccc2Cl)cc1C(=O)O. The van der Waals surface area contributed by atoms with Gasteiger partial charge in [-0.2, -0.15) is 0 Å². The second kappa shape index (κ2) is 6.32. The van der Waals surface area contributed by atoms with Gasteiger partial charge in [0.05, 0.1) is 17.1 Å². The van der Waals surface area contributed by atoms with Crippen molar-refractivity contribution in [2.45, 2.75) is 13.5 Å². The van der Waals surface area contributed by atoms with Gasteiger partial charge in [-0.05, 0) is 31.2 Å². The predicted molar refractivity (Wildman–Crippen MR) is 80.7 cm³/mol. The van der Waals surface area contributed by atoms with Gasteiger partial charge in [0.15, 0.2) is 0 Å². The van der Waals surface area contributed by atoms with Gasteiger partial charge in [0.2, 0.25) is 0 Å². The molecule has 0 atom stereocenters. The van der Waals surface area contributed by atoms with Crippen molar-refractivity contribution in [3.63, 3.8) is 0 Å². The number of hydrogen-bond acceptors (Lipinski definition) is 3. The molecular formula is C14H11BrClNO4. The summed E-state index contributed by atoms with van der Waals surface area (Å²) in [5.74, 6) is -0.771. The fourth-order valence-electron chi connectivity index (χ4n) is 1.78. The van der Waals surface area contributed by atoms with Crippen LogP contribution >= 0.6 is 27.5 Å². The van der Waals surface area contributed by atoms with E-state index in [1.165, 1.54) is 6.07 Å². The monoisotopic (exact) mass is 371 g/mol. The number of nitrogens with one attached hydrogen (secondary N) is 1. The summed E-state index contributed by atoms with van der Waals surface area (Å²) in [5, 5.41) is 11.9. The number of aryl methyl sites for hydroxylation is 1. The molecule has 5 nitrogen and oxygen atoms in total. The van der Waals surface area contributed by atoms with Crippen LogP contribution in [0.25, 0.3) is 0 Å². The van der Waals surface area contributed by atoms with Gasteiger partial charge < -0.3 is 14.8 Å². The number of amides is 1. The fraction of sp³-hybridized carbons (Fsp3) is 0.143. The summed E-state index contributed by atoms with van der Waals surface area (Å²) < 4.78 is 6.01. The van der Waals surface area contributed by atoms with Crippen molar-refractivity contribution >= 4 is 39.4 Å². The molecular weight excluding hydrogens is 362 g/mol. The highest BCUT2D eigenvalue weighted by Gasteiger charge is 2.15. The molecule has 21 heavy (non-hydrogen) atoms. The van der Waals surface area contributed by atoms with Crippen molar-refractivity contribution in [2.24, 2.45) is 0 Å². The van der Waals surface area contributed by atoms with Crippen LogP contribution in [-0.2, 0) is 6.54 Å². The number of hydrogen-bond donors (Lipinski definition) is 2. The van der Waals surface area contributed by atoms with E-state index in [9.17, 15) is 9.59 Å². The van der Waals surface area contributed by atoms with Gasteiger partial charge >= 0.3 is 5.97 Å². The van der Waals surface area contributed by atoms with Crippen molar-refractivity contribution < 1.29 is 19.1 Å². The number of carbonyl (C=O) groups excluding carboxylic acids is 1. The molecule has 0 fully saturated rings. The fourth-order valence-corrected chi connectivity index (χ4v) is 2.34. The van der Waals surface area contributed by atoms with E-state index in [4.69, 9.17) is 21.1 Å². The number of carboxylic acid groups (broad SMARTS) is 1. The Bertz CT molecular complexity index is 711. The second-order valence-electron chi connectivity index (χ2n) is 4.29. The van der Waals surface area contributed by atoms with Gasteiger partial charge in [-0.1, -0.05) is 27.5 Å². The molecule has 110 valence electrons. The molecule has 2 aromatic rings. The van der Waals surface area contributed by atoms with E-state index in [0.29, 0.717) is 22.1 Å².